The number of hydrogen-bond acceptors (Lipinski definition) is 3. The van der Waals surface area contributed by atoms with Crippen LogP contribution < -0.4 is 4.31 Å². The van der Waals surface area contributed by atoms with Crippen molar-refractivity contribution in [1.82, 2.24) is 4.90 Å². The van der Waals surface area contributed by atoms with Crippen molar-refractivity contribution in [1.29, 1.82) is 0 Å². The number of piperidine rings is 1. The molecule has 0 aliphatic carbocycles. The normalized spacial score (nSPS) is 17.6. The number of amides is 1. The number of likely N-dealkylation sites (tertiary alicyclic amines) is 1. The van der Waals surface area contributed by atoms with E-state index in [-0.39, 0.29) is 10.8 Å². The fourth-order valence-corrected chi connectivity index (χ4v) is 4.60. The third kappa shape index (κ3) is 4.28. The molecule has 3 rings (SSSR count). The molecule has 5 nitrogen and oxygen atoms in total. The Hall–Kier alpha value is -2.05. The summed E-state index contributed by atoms with van der Waals surface area (Å²) in [5.74, 6) is 0.508. The van der Waals surface area contributed by atoms with E-state index in [4.69, 9.17) is 11.6 Å². The van der Waals surface area contributed by atoms with E-state index >= 15 is 0 Å². The number of rotatable bonds is 4. The zero-order valence-electron chi connectivity index (χ0n) is 15.4. The minimum absolute atomic E-state index is 0.00342. The SMILES string of the molecule is C[C@H]1CCCN(C(=O)c2ccc(N(C)S(=O)(=O)c3ccc(Cl)cc3)cc2)C1. The molecule has 7 heteroatoms. The Morgan fingerprint density at radius 3 is 2.33 bits per heavy atom. The topological polar surface area (TPSA) is 57.7 Å². The maximum absolute atomic E-state index is 12.8. The van der Waals surface area contributed by atoms with Crippen molar-refractivity contribution < 1.29 is 13.2 Å². The Morgan fingerprint density at radius 1 is 1.11 bits per heavy atom. The lowest BCUT2D eigenvalue weighted by Crippen LogP contribution is -2.39. The smallest absolute Gasteiger partial charge is 0.264 e. The quantitative estimate of drug-likeness (QED) is 0.769. The van der Waals surface area contributed by atoms with Crippen molar-refractivity contribution in [2.24, 2.45) is 5.92 Å². The van der Waals surface area contributed by atoms with Crippen molar-refractivity contribution in [3.05, 3.63) is 59.1 Å². The van der Waals surface area contributed by atoms with Gasteiger partial charge in [-0.25, -0.2) is 8.42 Å². The molecular formula is C20H23ClN2O3S. The van der Waals surface area contributed by atoms with Gasteiger partial charge in [-0.05, 0) is 67.3 Å². The zero-order chi connectivity index (χ0) is 19.6. The van der Waals surface area contributed by atoms with E-state index in [1.165, 1.54) is 23.5 Å². The lowest BCUT2D eigenvalue weighted by atomic mass is 9.99. The van der Waals surface area contributed by atoms with Gasteiger partial charge in [0.15, 0.2) is 0 Å². The standard InChI is InChI=1S/C20H23ClN2O3S/c1-15-4-3-13-23(14-15)20(24)16-5-9-18(10-6-16)22(2)27(25,26)19-11-7-17(21)8-12-19/h5-12,15H,3-4,13-14H2,1-2H3/t15-/m0/s1. The van der Waals surface area contributed by atoms with Crippen LogP contribution in [0.3, 0.4) is 0 Å². The van der Waals surface area contributed by atoms with Crippen LogP contribution >= 0.6 is 11.6 Å². The van der Waals surface area contributed by atoms with Gasteiger partial charge >= 0.3 is 0 Å². The highest BCUT2D eigenvalue weighted by molar-refractivity contribution is 7.92. The van der Waals surface area contributed by atoms with Gasteiger partial charge < -0.3 is 4.90 Å². The molecule has 1 aliphatic heterocycles. The van der Waals surface area contributed by atoms with Gasteiger partial charge in [0.25, 0.3) is 15.9 Å². The molecule has 1 aliphatic rings. The highest BCUT2D eigenvalue weighted by Crippen LogP contribution is 2.24. The minimum Gasteiger partial charge on any atom is -0.338 e. The van der Waals surface area contributed by atoms with Gasteiger partial charge in [-0.3, -0.25) is 9.10 Å². The highest BCUT2D eigenvalue weighted by atomic mass is 35.5. The summed E-state index contributed by atoms with van der Waals surface area (Å²) >= 11 is 5.83. The summed E-state index contributed by atoms with van der Waals surface area (Å²) in [5, 5.41) is 0.478. The molecule has 1 heterocycles. The average Bonchev–Trinajstić information content (AvgIpc) is 2.67. The first kappa shape index (κ1) is 19.7. The second-order valence-electron chi connectivity index (χ2n) is 6.97. The van der Waals surface area contributed by atoms with E-state index in [9.17, 15) is 13.2 Å². The summed E-state index contributed by atoms with van der Waals surface area (Å²) < 4.78 is 26.7. The first-order valence-corrected chi connectivity index (χ1v) is 10.7. The van der Waals surface area contributed by atoms with Crippen LogP contribution in [0.15, 0.2) is 53.4 Å². The van der Waals surface area contributed by atoms with Gasteiger partial charge in [-0.1, -0.05) is 18.5 Å². The van der Waals surface area contributed by atoms with Crippen molar-refractivity contribution in [3.63, 3.8) is 0 Å². The molecule has 1 amide bonds. The van der Waals surface area contributed by atoms with E-state index in [0.717, 1.165) is 25.9 Å². The number of carbonyl (C=O) groups is 1. The third-order valence-electron chi connectivity index (χ3n) is 4.89. The Labute approximate surface area is 165 Å². The Bertz CT molecular complexity index is 911. The van der Waals surface area contributed by atoms with Crippen LogP contribution in [0.2, 0.25) is 5.02 Å². The Morgan fingerprint density at radius 2 is 1.74 bits per heavy atom. The molecule has 0 bridgehead atoms. The van der Waals surface area contributed by atoms with Crippen molar-refractivity contribution in [2.75, 3.05) is 24.4 Å². The highest BCUT2D eigenvalue weighted by Gasteiger charge is 2.24. The number of carbonyl (C=O) groups excluding carboxylic acids is 1. The third-order valence-corrected chi connectivity index (χ3v) is 6.95. The lowest BCUT2D eigenvalue weighted by Gasteiger charge is -2.31. The van der Waals surface area contributed by atoms with Crippen molar-refractivity contribution in [3.8, 4) is 0 Å². The molecule has 0 N–H and O–H groups in total. The summed E-state index contributed by atoms with van der Waals surface area (Å²) in [7, 11) is -2.20. The second kappa shape index (κ2) is 7.90. The van der Waals surface area contributed by atoms with E-state index < -0.39 is 10.0 Å². The first-order valence-electron chi connectivity index (χ1n) is 8.93. The molecule has 0 unspecified atom stereocenters. The van der Waals surface area contributed by atoms with Gasteiger partial charge in [0.2, 0.25) is 0 Å². The molecule has 2 aromatic rings. The number of benzene rings is 2. The van der Waals surface area contributed by atoms with Gasteiger partial charge in [-0.2, -0.15) is 0 Å². The Kier molecular flexibility index (Phi) is 5.77. The second-order valence-corrected chi connectivity index (χ2v) is 9.38. The monoisotopic (exact) mass is 406 g/mol. The summed E-state index contributed by atoms with van der Waals surface area (Å²) in [4.78, 5) is 14.7. The molecule has 1 fully saturated rings. The van der Waals surface area contributed by atoms with Crippen molar-refractivity contribution in [2.45, 2.75) is 24.7 Å². The lowest BCUT2D eigenvalue weighted by molar-refractivity contribution is 0.0683. The molecule has 1 atom stereocenters. The van der Waals surface area contributed by atoms with Gasteiger partial charge in [0.1, 0.15) is 0 Å². The summed E-state index contributed by atoms with van der Waals surface area (Å²) in [5.41, 5.74) is 1.07. The van der Waals surface area contributed by atoms with E-state index in [2.05, 4.69) is 6.92 Å². The van der Waals surface area contributed by atoms with Crippen LogP contribution in [0, 0.1) is 5.92 Å². The first-order chi connectivity index (χ1) is 12.8. The minimum atomic E-state index is -3.69. The largest absolute Gasteiger partial charge is 0.338 e. The predicted octanol–water partition coefficient (Wildman–Crippen LogP) is 4.04. The summed E-state index contributed by atoms with van der Waals surface area (Å²) in [6, 6.07) is 12.7. The fourth-order valence-electron chi connectivity index (χ4n) is 3.27. The molecule has 27 heavy (non-hydrogen) atoms. The number of hydrogen-bond donors (Lipinski definition) is 0. The molecular weight excluding hydrogens is 384 g/mol. The molecule has 0 spiro atoms. The molecule has 0 aromatic heterocycles. The van der Waals surface area contributed by atoms with Crippen molar-refractivity contribution >= 4 is 33.2 Å². The van der Waals surface area contributed by atoms with Crippen LogP contribution in [-0.4, -0.2) is 39.4 Å². The van der Waals surface area contributed by atoms with Crippen LogP contribution in [-0.2, 0) is 10.0 Å². The van der Waals surface area contributed by atoms with Gasteiger partial charge in [0, 0.05) is 30.7 Å². The number of halogens is 1. The van der Waals surface area contributed by atoms with Gasteiger partial charge in [-0.15, -0.1) is 0 Å². The summed E-state index contributed by atoms with van der Waals surface area (Å²) in [6.45, 7) is 3.69. The predicted molar refractivity (Wildman–Crippen MR) is 108 cm³/mol. The van der Waals surface area contributed by atoms with Crippen LogP contribution in [0.5, 0.6) is 0 Å². The van der Waals surface area contributed by atoms with Crippen LogP contribution in [0.1, 0.15) is 30.1 Å². The fraction of sp³-hybridized carbons (Fsp3) is 0.350. The maximum atomic E-state index is 12.8. The van der Waals surface area contributed by atoms with E-state index in [1.807, 2.05) is 4.90 Å². The maximum Gasteiger partial charge on any atom is 0.264 e. The van der Waals surface area contributed by atoms with E-state index in [1.54, 1.807) is 36.4 Å². The average molecular weight is 407 g/mol. The molecule has 144 valence electrons. The molecule has 1 saturated heterocycles. The molecule has 2 aromatic carbocycles. The number of nitrogens with zero attached hydrogens (tertiary/aromatic N) is 2. The molecule has 0 saturated carbocycles. The van der Waals surface area contributed by atoms with Crippen LogP contribution in [0.4, 0.5) is 5.69 Å². The summed E-state index contributed by atoms with van der Waals surface area (Å²) in [6.07, 6.45) is 2.17. The van der Waals surface area contributed by atoms with Crippen LogP contribution in [0.25, 0.3) is 0 Å². The Balaban J connectivity index is 1.78. The van der Waals surface area contributed by atoms with E-state index in [0.29, 0.717) is 22.2 Å². The molecule has 0 radical (unpaired) electrons. The zero-order valence-corrected chi connectivity index (χ0v) is 17.0. The number of anilines is 1. The van der Waals surface area contributed by atoms with Gasteiger partial charge in [0.05, 0.1) is 10.6 Å². The number of sulfonamides is 1.